The lowest BCUT2D eigenvalue weighted by molar-refractivity contribution is 0.358. The highest BCUT2D eigenvalue weighted by Gasteiger charge is 2.21. The van der Waals surface area contributed by atoms with Crippen LogP contribution in [0.1, 0.15) is 35.1 Å². The van der Waals surface area contributed by atoms with Crippen LogP contribution < -0.4 is 5.32 Å². The largest absolute Gasteiger partial charge is 0.382 e. The van der Waals surface area contributed by atoms with E-state index in [1.165, 1.54) is 45.7 Å². The van der Waals surface area contributed by atoms with E-state index in [4.69, 9.17) is 0 Å². The van der Waals surface area contributed by atoms with Crippen molar-refractivity contribution in [2.24, 2.45) is 0 Å². The number of hydrogen-bond acceptors (Lipinski definition) is 3. The van der Waals surface area contributed by atoms with Crippen molar-refractivity contribution in [2.75, 3.05) is 18.4 Å². The second kappa shape index (κ2) is 7.62. The molecule has 0 atom stereocenters. The quantitative estimate of drug-likeness (QED) is 0.739. The highest BCUT2D eigenvalue weighted by atomic mass is 32.2. The number of aryl methyl sites for hydroxylation is 4. The molecule has 0 amide bonds. The van der Waals surface area contributed by atoms with Crippen molar-refractivity contribution in [1.82, 2.24) is 4.31 Å². The molecule has 0 aliphatic carbocycles. The average molecular weight is 341 g/mol. The summed E-state index contributed by atoms with van der Waals surface area (Å²) in [6.07, 6.45) is 2.40. The molecule has 0 radical (unpaired) electrons. The highest BCUT2D eigenvalue weighted by Crippen LogP contribution is 2.32. The molecule has 2 nitrogen and oxygen atoms in total. The first-order chi connectivity index (χ1) is 11.5. The summed E-state index contributed by atoms with van der Waals surface area (Å²) in [6.45, 7) is 11.1. The van der Waals surface area contributed by atoms with Gasteiger partial charge in [-0.05, 0) is 75.7 Å². The molecule has 0 unspecified atom stereocenters. The van der Waals surface area contributed by atoms with Gasteiger partial charge in [0, 0.05) is 29.7 Å². The van der Waals surface area contributed by atoms with Crippen LogP contribution >= 0.6 is 11.9 Å². The van der Waals surface area contributed by atoms with Gasteiger partial charge in [0.2, 0.25) is 0 Å². The molecule has 1 saturated heterocycles. The Labute approximate surface area is 150 Å². The summed E-state index contributed by atoms with van der Waals surface area (Å²) in [6, 6.07) is 13.9. The summed E-state index contributed by atoms with van der Waals surface area (Å²) in [5.74, 6) is 0. The second-order valence-electron chi connectivity index (χ2n) is 7.03. The molecular weight excluding hydrogens is 312 g/mol. The van der Waals surface area contributed by atoms with Gasteiger partial charge < -0.3 is 5.32 Å². The lowest BCUT2D eigenvalue weighted by Gasteiger charge is -2.32. The topological polar surface area (TPSA) is 15.3 Å². The van der Waals surface area contributed by atoms with Gasteiger partial charge in [0.05, 0.1) is 0 Å². The molecule has 1 heterocycles. The van der Waals surface area contributed by atoms with Crippen molar-refractivity contribution < 1.29 is 0 Å². The fourth-order valence-corrected chi connectivity index (χ4v) is 4.47. The minimum absolute atomic E-state index is 0.588. The highest BCUT2D eigenvalue weighted by molar-refractivity contribution is 7.97. The lowest BCUT2D eigenvalue weighted by Crippen LogP contribution is -2.35. The fraction of sp³-hybridized carbons (Fsp3) is 0.429. The van der Waals surface area contributed by atoms with Crippen molar-refractivity contribution >= 4 is 17.6 Å². The van der Waals surface area contributed by atoms with E-state index in [0.717, 1.165) is 13.1 Å². The third-order valence-corrected chi connectivity index (χ3v) is 6.15. The lowest BCUT2D eigenvalue weighted by atomic mass is 10.1. The van der Waals surface area contributed by atoms with E-state index in [1.807, 2.05) is 11.9 Å². The van der Waals surface area contributed by atoms with E-state index in [0.29, 0.717) is 6.04 Å². The molecule has 0 saturated carbocycles. The molecule has 0 aromatic heterocycles. The molecule has 1 N–H and O–H groups in total. The van der Waals surface area contributed by atoms with E-state index in [9.17, 15) is 0 Å². The number of rotatable bonds is 4. The van der Waals surface area contributed by atoms with Gasteiger partial charge >= 0.3 is 0 Å². The van der Waals surface area contributed by atoms with Crippen molar-refractivity contribution in [3.8, 4) is 0 Å². The van der Waals surface area contributed by atoms with Crippen LogP contribution in [0.3, 0.4) is 0 Å². The van der Waals surface area contributed by atoms with Gasteiger partial charge in [0.1, 0.15) is 0 Å². The van der Waals surface area contributed by atoms with E-state index in [-0.39, 0.29) is 0 Å². The smallest absolute Gasteiger partial charge is 0.0342 e. The molecular formula is C21H28N2S. The van der Waals surface area contributed by atoms with Crippen LogP contribution in [-0.2, 0) is 0 Å². The van der Waals surface area contributed by atoms with E-state index >= 15 is 0 Å². The van der Waals surface area contributed by atoms with Gasteiger partial charge in [-0.25, -0.2) is 4.31 Å². The van der Waals surface area contributed by atoms with E-state index in [1.54, 1.807) is 0 Å². The molecule has 3 heteroatoms. The third-order valence-electron chi connectivity index (χ3n) is 4.70. The van der Waals surface area contributed by atoms with Crippen LogP contribution in [0.2, 0.25) is 0 Å². The maximum atomic E-state index is 3.69. The van der Waals surface area contributed by atoms with Crippen LogP contribution in [0.4, 0.5) is 5.69 Å². The molecule has 0 bridgehead atoms. The first-order valence-corrected chi connectivity index (χ1v) is 9.62. The number of piperidine rings is 1. The Kier molecular flexibility index (Phi) is 5.52. The zero-order valence-corrected chi connectivity index (χ0v) is 16.0. The first kappa shape index (κ1) is 17.4. The minimum Gasteiger partial charge on any atom is -0.382 e. The molecule has 0 spiro atoms. The monoisotopic (exact) mass is 340 g/mol. The van der Waals surface area contributed by atoms with Crippen LogP contribution in [0, 0.1) is 27.7 Å². The minimum atomic E-state index is 0.588. The molecule has 128 valence electrons. The third kappa shape index (κ3) is 4.34. The average Bonchev–Trinajstić information content (AvgIpc) is 2.54. The standard InChI is InChI=1S/C21H28N2S/c1-15-5-7-19(8-6-15)22-20-9-11-23(12-10-20)24-21-17(3)13-16(2)14-18(21)4/h5-8,13-14,20,22H,9-12H2,1-4H3. The van der Waals surface area contributed by atoms with E-state index < -0.39 is 0 Å². The summed E-state index contributed by atoms with van der Waals surface area (Å²) >= 11 is 1.94. The van der Waals surface area contributed by atoms with Gasteiger partial charge in [-0.15, -0.1) is 0 Å². The Hall–Kier alpha value is -1.45. The summed E-state index contributed by atoms with van der Waals surface area (Å²) in [4.78, 5) is 1.44. The molecule has 24 heavy (non-hydrogen) atoms. The predicted molar refractivity (Wildman–Crippen MR) is 106 cm³/mol. The Morgan fingerprint density at radius 2 is 1.46 bits per heavy atom. The molecule has 1 fully saturated rings. The molecule has 2 aromatic carbocycles. The Morgan fingerprint density at radius 1 is 0.875 bits per heavy atom. The fourth-order valence-electron chi connectivity index (χ4n) is 3.42. The zero-order chi connectivity index (χ0) is 17.1. The molecule has 1 aliphatic rings. The van der Waals surface area contributed by atoms with Crippen LogP contribution in [-0.4, -0.2) is 23.4 Å². The summed E-state index contributed by atoms with van der Waals surface area (Å²) in [5.41, 5.74) is 6.72. The zero-order valence-electron chi connectivity index (χ0n) is 15.2. The van der Waals surface area contributed by atoms with Crippen LogP contribution in [0.5, 0.6) is 0 Å². The summed E-state index contributed by atoms with van der Waals surface area (Å²) in [7, 11) is 0. The second-order valence-corrected chi connectivity index (χ2v) is 8.14. The van der Waals surface area contributed by atoms with Gasteiger partial charge in [-0.1, -0.05) is 35.4 Å². The Morgan fingerprint density at radius 3 is 2.04 bits per heavy atom. The summed E-state index contributed by atoms with van der Waals surface area (Å²) < 4.78 is 2.53. The van der Waals surface area contributed by atoms with Crippen molar-refractivity contribution in [3.63, 3.8) is 0 Å². The van der Waals surface area contributed by atoms with Gasteiger partial charge in [0.25, 0.3) is 0 Å². The normalized spacial score (nSPS) is 16.3. The van der Waals surface area contributed by atoms with Crippen molar-refractivity contribution in [1.29, 1.82) is 0 Å². The van der Waals surface area contributed by atoms with Gasteiger partial charge in [0.15, 0.2) is 0 Å². The number of nitrogens with one attached hydrogen (secondary N) is 1. The maximum Gasteiger partial charge on any atom is 0.0342 e. The van der Waals surface area contributed by atoms with Crippen LogP contribution in [0.25, 0.3) is 0 Å². The van der Waals surface area contributed by atoms with Crippen molar-refractivity contribution in [2.45, 2.75) is 51.5 Å². The Bertz CT molecular complexity index is 662. The number of nitrogens with zero attached hydrogens (tertiary/aromatic N) is 1. The predicted octanol–water partition coefficient (Wildman–Crippen LogP) is 5.50. The van der Waals surface area contributed by atoms with E-state index in [2.05, 4.69) is 73.7 Å². The number of hydrogen-bond donors (Lipinski definition) is 1. The number of benzene rings is 2. The molecule has 3 rings (SSSR count). The SMILES string of the molecule is Cc1ccc(NC2CCN(Sc3c(C)cc(C)cc3C)CC2)cc1. The van der Waals surface area contributed by atoms with Gasteiger partial charge in [-0.2, -0.15) is 0 Å². The van der Waals surface area contributed by atoms with Crippen molar-refractivity contribution in [3.05, 3.63) is 58.7 Å². The number of anilines is 1. The molecule has 1 aliphatic heterocycles. The Balaban J connectivity index is 1.55. The maximum absolute atomic E-state index is 3.69. The van der Waals surface area contributed by atoms with Crippen LogP contribution in [0.15, 0.2) is 41.3 Å². The molecule has 2 aromatic rings. The summed E-state index contributed by atoms with van der Waals surface area (Å²) in [5, 5.41) is 3.69. The first-order valence-electron chi connectivity index (χ1n) is 8.85. The van der Waals surface area contributed by atoms with Gasteiger partial charge in [-0.3, -0.25) is 0 Å².